The van der Waals surface area contributed by atoms with Crippen molar-refractivity contribution in [1.29, 1.82) is 0 Å². The molecule has 0 radical (unpaired) electrons. The van der Waals surface area contributed by atoms with E-state index in [0.717, 1.165) is 83.3 Å². The van der Waals surface area contributed by atoms with Crippen LogP contribution in [0.15, 0.2) is 60.8 Å². The summed E-state index contributed by atoms with van der Waals surface area (Å²) in [5.74, 6) is 1.15. The molecule has 4 heterocycles. The largest absolute Gasteiger partial charge is 0.381 e. The number of fused-ring (bicyclic) bond motifs is 3. The van der Waals surface area contributed by atoms with Crippen LogP contribution in [0.5, 0.6) is 0 Å². The van der Waals surface area contributed by atoms with Crippen LogP contribution in [-0.2, 0) is 11.8 Å². The fraction of sp³-hybridized carbons (Fsp3) is 0.375. The third-order valence-corrected chi connectivity index (χ3v) is 8.54. The van der Waals surface area contributed by atoms with E-state index in [4.69, 9.17) is 9.72 Å². The van der Waals surface area contributed by atoms with Crippen LogP contribution >= 0.6 is 0 Å². The molecule has 5 aromatic rings. The lowest BCUT2D eigenvalue weighted by atomic mass is 9.86. The van der Waals surface area contributed by atoms with E-state index in [1.807, 2.05) is 37.0 Å². The van der Waals surface area contributed by atoms with Crippen LogP contribution in [-0.4, -0.2) is 43.5 Å². The summed E-state index contributed by atoms with van der Waals surface area (Å²) in [4.78, 5) is 18.6. The maximum absolute atomic E-state index is 13.6. The van der Waals surface area contributed by atoms with E-state index in [9.17, 15) is 4.79 Å². The number of carbonyl (C=O) groups is 1. The van der Waals surface area contributed by atoms with Crippen molar-refractivity contribution in [2.45, 2.75) is 45.1 Å². The number of Topliss-reactive ketones (excluding diaryl/α,β-unsaturated/α-hetero) is 1. The summed E-state index contributed by atoms with van der Waals surface area (Å²) in [6.45, 7) is 3.50. The first-order valence-electron chi connectivity index (χ1n) is 14.1. The summed E-state index contributed by atoms with van der Waals surface area (Å²) >= 11 is 0. The summed E-state index contributed by atoms with van der Waals surface area (Å²) in [6.07, 6.45) is 6.81. The molecule has 1 aliphatic heterocycles. The molecule has 2 aromatic carbocycles. The molecule has 1 saturated heterocycles. The van der Waals surface area contributed by atoms with Gasteiger partial charge in [0.2, 0.25) is 0 Å². The number of benzene rings is 2. The minimum Gasteiger partial charge on any atom is -0.381 e. The minimum atomic E-state index is 0.0895. The number of ketones is 1. The Morgan fingerprint density at radius 1 is 1.03 bits per heavy atom. The fourth-order valence-electron chi connectivity index (χ4n) is 6.47. The molecule has 0 bridgehead atoms. The molecule has 1 saturated carbocycles. The molecule has 0 spiro atoms. The Bertz CT molecular complexity index is 1660. The third kappa shape index (κ3) is 4.25. The summed E-state index contributed by atoms with van der Waals surface area (Å²) in [5, 5.41) is 9.49. The first-order valence-corrected chi connectivity index (χ1v) is 14.1. The number of hydrogen-bond donors (Lipinski definition) is 0. The summed E-state index contributed by atoms with van der Waals surface area (Å²) in [5.41, 5.74) is 7.84. The Balaban J connectivity index is 1.53. The second-order valence-corrected chi connectivity index (χ2v) is 11.2. The molecule has 1 aliphatic carbocycles. The first-order chi connectivity index (χ1) is 19.1. The van der Waals surface area contributed by atoms with E-state index >= 15 is 0 Å². The number of hydrogen-bond acceptors (Lipinski definition) is 5. The Labute approximate surface area is 227 Å². The molecule has 7 nitrogen and oxygen atoms in total. The van der Waals surface area contributed by atoms with E-state index in [0.29, 0.717) is 18.3 Å². The lowest BCUT2D eigenvalue weighted by Gasteiger charge is -2.33. The highest BCUT2D eigenvalue weighted by atomic mass is 16.5. The van der Waals surface area contributed by atoms with Gasteiger partial charge in [-0.15, -0.1) is 5.10 Å². The smallest absolute Gasteiger partial charge is 0.163 e. The van der Waals surface area contributed by atoms with E-state index in [-0.39, 0.29) is 11.8 Å². The number of rotatable bonds is 7. The second-order valence-electron chi connectivity index (χ2n) is 11.2. The molecule has 7 rings (SSSR count). The van der Waals surface area contributed by atoms with Gasteiger partial charge in [-0.2, -0.15) is 0 Å². The van der Waals surface area contributed by atoms with Gasteiger partial charge in [0.1, 0.15) is 0 Å². The Kier molecular flexibility index (Phi) is 6.04. The van der Waals surface area contributed by atoms with Crippen molar-refractivity contribution in [3.63, 3.8) is 0 Å². The van der Waals surface area contributed by atoms with E-state index < -0.39 is 0 Å². The molecule has 39 heavy (non-hydrogen) atoms. The van der Waals surface area contributed by atoms with E-state index in [1.54, 1.807) is 0 Å². The molecule has 2 aliphatic rings. The predicted octanol–water partition coefficient (Wildman–Crippen LogP) is 6.29. The van der Waals surface area contributed by atoms with Crippen LogP contribution < -0.4 is 0 Å². The van der Waals surface area contributed by atoms with Gasteiger partial charge in [-0.25, -0.2) is 4.68 Å². The number of nitrogens with zero attached hydrogens (tertiary/aromatic N) is 5. The van der Waals surface area contributed by atoms with Crippen molar-refractivity contribution in [1.82, 2.24) is 24.5 Å². The Morgan fingerprint density at radius 2 is 1.82 bits per heavy atom. The monoisotopic (exact) mass is 519 g/mol. The highest BCUT2D eigenvalue weighted by Gasteiger charge is 2.32. The highest BCUT2D eigenvalue weighted by Crippen LogP contribution is 2.43. The second kappa shape index (κ2) is 9.72. The average Bonchev–Trinajstić information content (AvgIpc) is 3.64. The van der Waals surface area contributed by atoms with Gasteiger partial charge >= 0.3 is 0 Å². The average molecular weight is 520 g/mol. The molecule has 3 aromatic heterocycles. The molecule has 1 atom stereocenters. The SMILES string of the molecule is Cc1nnn(C)c1-c1cnc2c3c(C(=O)CC4CC4)cccc3n([C@H](c3ccccc3)C3CCOCC3)c2c1. The predicted molar refractivity (Wildman–Crippen MR) is 152 cm³/mol. The summed E-state index contributed by atoms with van der Waals surface area (Å²) in [6, 6.07) is 19.3. The van der Waals surface area contributed by atoms with Gasteiger partial charge in [0.05, 0.1) is 34.0 Å². The van der Waals surface area contributed by atoms with Crippen LogP contribution in [0.2, 0.25) is 0 Å². The molecule has 198 valence electrons. The standard InChI is InChI=1S/C32H33N5O2/c1-20-31(36(2)35-34-20)24-18-27-30(33-19-24)29-25(28(38)17-21-11-12-21)9-6-10-26(29)37(27)32(22-7-4-3-5-8-22)23-13-15-39-16-14-23/h3-10,18-19,21,23,32H,11-17H2,1-2H3/t32-/m1/s1. The van der Waals surface area contributed by atoms with Gasteiger partial charge in [-0.05, 0) is 62.1 Å². The van der Waals surface area contributed by atoms with Crippen molar-refractivity contribution in [3.05, 3.63) is 77.6 Å². The van der Waals surface area contributed by atoms with Crippen molar-refractivity contribution >= 4 is 27.7 Å². The Hall–Kier alpha value is -3.84. The topological polar surface area (TPSA) is 74.8 Å². The van der Waals surface area contributed by atoms with E-state index in [1.165, 1.54) is 5.56 Å². The van der Waals surface area contributed by atoms with Gasteiger partial charge in [-0.1, -0.05) is 47.7 Å². The maximum Gasteiger partial charge on any atom is 0.163 e. The van der Waals surface area contributed by atoms with Gasteiger partial charge in [0.15, 0.2) is 5.78 Å². The highest BCUT2D eigenvalue weighted by molar-refractivity contribution is 6.17. The number of pyridine rings is 1. The summed E-state index contributed by atoms with van der Waals surface area (Å²) < 4.78 is 10.0. The first kappa shape index (κ1) is 24.2. The van der Waals surface area contributed by atoms with Crippen LogP contribution in [0, 0.1) is 18.8 Å². The molecule has 0 N–H and O–H groups in total. The number of ether oxygens (including phenoxy) is 1. The molecule has 7 heteroatoms. The van der Waals surface area contributed by atoms with Gasteiger partial charge < -0.3 is 9.30 Å². The molecule has 0 amide bonds. The third-order valence-electron chi connectivity index (χ3n) is 8.54. The molecular weight excluding hydrogens is 486 g/mol. The summed E-state index contributed by atoms with van der Waals surface area (Å²) in [7, 11) is 1.92. The van der Waals surface area contributed by atoms with Crippen LogP contribution in [0.25, 0.3) is 33.2 Å². The molecular formula is C32H33N5O2. The van der Waals surface area contributed by atoms with Crippen molar-refractivity contribution < 1.29 is 9.53 Å². The normalized spacial score (nSPS) is 17.2. The van der Waals surface area contributed by atoms with Crippen molar-refractivity contribution in [2.24, 2.45) is 18.9 Å². The van der Waals surface area contributed by atoms with Gasteiger partial charge in [-0.3, -0.25) is 9.78 Å². The molecule has 0 unspecified atom stereocenters. The van der Waals surface area contributed by atoms with E-state index in [2.05, 4.69) is 57.3 Å². The van der Waals surface area contributed by atoms with Crippen LogP contribution in [0.1, 0.15) is 59.8 Å². The quantitative estimate of drug-likeness (QED) is 0.236. The molecule has 2 fully saturated rings. The zero-order valence-corrected chi connectivity index (χ0v) is 22.5. The number of aromatic nitrogens is 5. The maximum atomic E-state index is 13.6. The van der Waals surface area contributed by atoms with Crippen LogP contribution in [0.4, 0.5) is 0 Å². The minimum absolute atomic E-state index is 0.0895. The zero-order valence-electron chi connectivity index (χ0n) is 22.5. The van der Waals surface area contributed by atoms with Crippen molar-refractivity contribution in [2.75, 3.05) is 13.2 Å². The number of aryl methyl sites for hydroxylation is 2. The Morgan fingerprint density at radius 3 is 2.54 bits per heavy atom. The van der Waals surface area contributed by atoms with Crippen LogP contribution in [0.3, 0.4) is 0 Å². The zero-order chi connectivity index (χ0) is 26.5. The lowest BCUT2D eigenvalue weighted by molar-refractivity contribution is 0.0553. The van der Waals surface area contributed by atoms with Gasteiger partial charge in [0, 0.05) is 49.4 Å². The fourth-order valence-corrected chi connectivity index (χ4v) is 6.47. The van der Waals surface area contributed by atoms with Gasteiger partial charge in [0.25, 0.3) is 0 Å². The number of carbonyl (C=O) groups excluding carboxylic acids is 1. The lowest BCUT2D eigenvalue weighted by Crippen LogP contribution is -2.26. The van der Waals surface area contributed by atoms with Crippen molar-refractivity contribution in [3.8, 4) is 11.3 Å².